The van der Waals surface area contributed by atoms with Gasteiger partial charge in [0, 0.05) is 69.8 Å². The number of nitrogens with zero attached hydrogens (tertiary/aromatic N) is 6. The summed E-state index contributed by atoms with van der Waals surface area (Å²) in [4.78, 5) is 51.9. The number of rotatable bonds is 15. The van der Waals surface area contributed by atoms with Gasteiger partial charge in [0.2, 0.25) is 11.8 Å². The van der Waals surface area contributed by atoms with E-state index in [4.69, 9.17) is 10.5 Å². The van der Waals surface area contributed by atoms with Crippen molar-refractivity contribution in [3.05, 3.63) is 101 Å². The van der Waals surface area contributed by atoms with Crippen molar-refractivity contribution < 1.29 is 33.7 Å². The predicted octanol–water partition coefficient (Wildman–Crippen LogP) is 5.42. The minimum atomic E-state index is -1.97. The number of para-hydroxylation sites is 1. The van der Waals surface area contributed by atoms with Crippen molar-refractivity contribution in [3.63, 3.8) is 0 Å². The molecule has 2 saturated heterocycles. The van der Waals surface area contributed by atoms with Gasteiger partial charge in [-0.3, -0.25) is 19.3 Å². The third-order valence-corrected chi connectivity index (χ3v) is 13.6. The van der Waals surface area contributed by atoms with E-state index in [1.807, 2.05) is 37.3 Å². The van der Waals surface area contributed by atoms with Crippen molar-refractivity contribution in [2.45, 2.75) is 90.3 Å². The highest BCUT2D eigenvalue weighted by atomic mass is 32.1. The van der Waals surface area contributed by atoms with Crippen LogP contribution in [-0.4, -0.2) is 116 Å². The number of nitrogens with two attached hydrogens (primary N) is 1. The number of piperazine rings is 1. The van der Waals surface area contributed by atoms with Gasteiger partial charge in [0.25, 0.3) is 5.91 Å². The van der Waals surface area contributed by atoms with E-state index in [0.29, 0.717) is 35.9 Å². The SMILES string of the molecule is Cc1ncsc1-c1ccc(CNC(=O)[C@@H]2C[C@@H](O)CN2C(=O)[C@@H](NC(=O)C2(F)CC2)C(C)(C)C)c(OCCc2cccc(CN3CCN(c4cc(-c5ccccc5O)nnc4N)CC3)c2)c1. The number of thiazole rings is 1. The molecule has 1 saturated carbocycles. The summed E-state index contributed by atoms with van der Waals surface area (Å²) < 4.78 is 21.2. The number of β-amino-alcohol motifs (C(OH)–C–C–N with tert-alkyl or cyclic N) is 1. The summed E-state index contributed by atoms with van der Waals surface area (Å²) in [6.07, 6.45) is -0.0638. The molecule has 3 amide bonds. The zero-order valence-electron chi connectivity index (χ0n) is 37.8. The van der Waals surface area contributed by atoms with Crippen LogP contribution in [0.2, 0.25) is 0 Å². The Morgan fingerprint density at radius 2 is 1.76 bits per heavy atom. The number of likely N-dealkylation sites (tertiary alicyclic amines) is 1. The summed E-state index contributed by atoms with van der Waals surface area (Å²) in [5.41, 5.74) is 12.2. The third kappa shape index (κ3) is 10.6. The molecule has 3 fully saturated rings. The molecule has 1 aliphatic carbocycles. The van der Waals surface area contributed by atoms with Crippen LogP contribution in [0.25, 0.3) is 21.7 Å². The van der Waals surface area contributed by atoms with Crippen molar-refractivity contribution in [2.24, 2.45) is 5.41 Å². The van der Waals surface area contributed by atoms with Crippen molar-refractivity contribution in [2.75, 3.05) is 50.0 Å². The number of ether oxygens (including phenoxy) is 1. The number of phenols is 1. The van der Waals surface area contributed by atoms with E-state index in [-0.39, 0.29) is 38.1 Å². The van der Waals surface area contributed by atoms with Gasteiger partial charge in [0.1, 0.15) is 23.6 Å². The molecule has 3 aromatic carbocycles. The smallest absolute Gasteiger partial charge is 0.258 e. The van der Waals surface area contributed by atoms with Gasteiger partial charge in [0.05, 0.1) is 40.2 Å². The number of anilines is 2. The molecule has 5 aromatic rings. The van der Waals surface area contributed by atoms with Crippen LogP contribution in [0, 0.1) is 12.3 Å². The van der Waals surface area contributed by atoms with Crippen molar-refractivity contribution in [1.29, 1.82) is 0 Å². The molecule has 3 atom stereocenters. The summed E-state index contributed by atoms with van der Waals surface area (Å²) in [7, 11) is 0. The summed E-state index contributed by atoms with van der Waals surface area (Å²) >= 11 is 1.53. The molecule has 0 unspecified atom stereocenters. The average molecular weight is 920 g/mol. The van der Waals surface area contributed by atoms with Crippen LogP contribution in [-0.2, 0) is 33.9 Å². The largest absolute Gasteiger partial charge is 0.507 e. The number of aliphatic hydroxyl groups is 1. The van der Waals surface area contributed by atoms with Crippen LogP contribution in [0.15, 0.2) is 78.3 Å². The van der Waals surface area contributed by atoms with Crippen LogP contribution in [0.1, 0.15) is 62.4 Å². The van der Waals surface area contributed by atoms with E-state index in [1.165, 1.54) is 21.8 Å². The molecule has 0 bridgehead atoms. The first-order valence-corrected chi connectivity index (χ1v) is 23.3. The number of aryl methyl sites for hydroxylation is 1. The lowest BCUT2D eigenvalue weighted by Crippen LogP contribution is -2.59. The number of benzene rings is 3. The second kappa shape index (κ2) is 19.4. The van der Waals surface area contributed by atoms with E-state index in [2.05, 4.69) is 59.9 Å². The molecule has 66 heavy (non-hydrogen) atoms. The zero-order valence-corrected chi connectivity index (χ0v) is 38.6. The number of carbonyl (C=O) groups excluding carboxylic acids is 3. The maximum absolute atomic E-state index is 14.7. The normalized spacial score (nSPS) is 18.8. The fraction of sp³-hybridized carbons (Fsp3) is 0.429. The Hall–Kier alpha value is -6.17. The monoisotopic (exact) mass is 919 g/mol. The van der Waals surface area contributed by atoms with Gasteiger partial charge in [-0.1, -0.05) is 69.3 Å². The summed E-state index contributed by atoms with van der Waals surface area (Å²) in [6.45, 7) is 11.6. The summed E-state index contributed by atoms with van der Waals surface area (Å²) in [5, 5.41) is 35.1. The molecule has 348 valence electrons. The quantitative estimate of drug-likeness (QED) is 0.0896. The van der Waals surface area contributed by atoms with Crippen LogP contribution in [0.3, 0.4) is 0 Å². The Morgan fingerprint density at radius 1 is 1.00 bits per heavy atom. The average Bonchev–Trinajstić information content (AvgIpc) is 3.70. The lowest BCUT2D eigenvalue weighted by molar-refractivity contribution is -0.145. The standard InChI is InChI=1S/C49H58FN9O6S/c1-30-42(66-29-53-30)33-12-13-34(26-52-45(62)39-24-35(60)28-59(39)46(63)43(48(2,3)4)54-47(64)49(50)15-16-49)41(23-33)65-21-14-31-8-7-9-32(22-31)27-57-17-19-58(20-18-57)38-25-37(55-56-44(38)51)36-10-5-6-11-40(36)61/h5-13,22-23,25,29,35,39,43,60-61H,14-21,24,26-28H2,1-4H3,(H2,51,56)(H,52,62)(H,54,64)/t35-,39+,43-/m1/s1. The molecule has 2 aromatic heterocycles. The Bertz CT molecular complexity index is 2570. The number of aliphatic hydroxyl groups excluding tert-OH is 1. The summed E-state index contributed by atoms with van der Waals surface area (Å²) in [5.74, 6) is -0.728. The van der Waals surface area contributed by atoms with Gasteiger partial charge in [-0.25, -0.2) is 9.37 Å². The molecule has 0 spiro atoms. The number of hydrogen-bond donors (Lipinski definition) is 5. The van der Waals surface area contributed by atoms with E-state index in [9.17, 15) is 29.0 Å². The van der Waals surface area contributed by atoms with Gasteiger partial charge in [0.15, 0.2) is 11.5 Å². The van der Waals surface area contributed by atoms with Gasteiger partial charge in [-0.2, -0.15) is 0 Å². The van der Waals surface area contributed by atoms with Crippen molar-refractivity contribution in [1.82, 2.24) is 35.6 Å². The molecule has 8 rings (SSSR count). The van der Waals surface area contributed by atoms with Crippen LogP contribution in [0.4, 0.5) is 15.9 Å². The van der Waals surface area contributed by atoms with E-state index in [1.54, 1.807) is 44.5 Å². The van der Waals surface area contributed by atoms with Crippen molar-refractivity contribution in [3.8, 4) is 33.2 Å². The number of carbonyl (C=O) groups is 3. The van der Waals surface area contributed by atoms with Crippen LogP contribution in [0.5, 0.6) is 11.5 Å². The molecular weight excluding hydrogens is 862 g/mol. The highest BCUT2D eigenvalue weighted by Gasteiger charge is 2.53. The molecule has 0 radical (unpaired) electrons. The predicted molar refractivity (Wildman–Crippen MR) is 251 cm³/mol. The molecular formula is C49H58FN9O6S. The number of amides is 3. The number of aromatic nitrogens is 3. The van der Waals surface area contributed by atoms with E-state index in [0.717, 1.165) is 65.7 Å². The summed E-state index contributed by atoms with van der Waals surface area (Å²) in [6, 6.07) is 21.2. The minimum absolute atomic E-state index is 0.0266. The van der Waals surface area contributed by atoms with Gasteiger partial charge < -0.3 is 41.1 Å². The lowest BCUT2D eigenvalue weighted by atomic mass is 9.85. The number of aromatic hydroxyl groups is 1. The second-order valence-corrected chi connectivity index (χ2v) is 19.5. The Balaban J connectivity index is 0.892. The molecule has 15 nitrogen and oxygen atoms in total. The second-order valence-electron chi connectivity index (χ2n) is 18.6. The van der Waals surface area contributed by atoms with Gasteiger partial charge >= 0.3 is 0 Å². The van der Waals surface area contributed by atoms with Gasteiger partial charge in [-0.05, 0) is 66.1 Å². The first kappa shape index (κ1) is 46.4. The molecule has 4 heterocycles. The molecule has 3 aliphatic rings. The van der Waals surface area contributed by atoms with Gasteiger partial charge in [-0.15, -0.1) is 21.5 Å². The molecule has 6 N–H and O–H groups in total. The maximum atomic E-state index is 14.7. The zero-order chi connectivity index (χ0) is 46.8. The fourth-order valence-corrected chi connectivity index (χ4v) is 9.41. The van der Waals surface area contributed by atoms with Crippen molar-refractivity contribution >= 4 is 40.6 Å². The number of nitrogen functional groups attached to an aromatic ring is 1. The number of hydrogen-bond acceptors (Lipinski definition) is 13. The number of nitrogens with one attached hydrogen (secondary N) is 2. The first-order chi connectivity index (χ1) is 31.6. The number of phenolic OH excluding ortho intramolecular Hbond substituents is 1. The maximum Gasteiger partial charge on any atom is 0.258 e. The lowest BCUT2D eigenvalue weighted by Gasteiger charge is -2.36. The molecule has 2 aliphatic heterocycles. The van der Waals surface area contributed by atoms with Crippen LogP contribution < -0.4 is 26.0 Å². The third-order valence-electron chi connectivity index (χ3n) is 12.6. The van der Waals surface area contributed by atoms with E-state index >= 15 is 0 Å². The molecule has 17 heteroatoms. The Kier molecular flexibility index (Phi) is 13.6. The highest BCUT2D eigenvalue weighted by Crippen LogP contribution is 2.41. The number of alkyl halides is 1. The van der Waals surface area contributed by atoms with Crippen LogP contribution >= 0.6 is 11.3 Å². The highest BCUT2D eigenvalue weighted by molar-refractivity contribution is 7.13. The first-order valence-electron chi connectivity index (χ1n) is 22.5. The van der Waals surface area contributed by atoms with E-state index < -0.39 is 47.0 Å². The minimum Gasteiger partial charge on any atom is -0.507 e. The number of halogens is 1. The Labute approximate surface area is 388 Å². The Morgan fingerprint density at radius 3 is 2.47 bits per heavy atom. The topological polar surface area (TPSA) is 199 Å². The fourth-order valence-electron chi connectivity index (χ4n) is 8.61.